The molecule has 0 bridgehead atoms. The number of hydrogen-bond donors (Lipinski definition) is 1. The number of carbonyl (C=O) groups is 2. The zero-order valence-electron chi connectivity index (χ0n) is 21.6. The fourth-order valence-corrected chi connectivity index (χ4v) is 7.68. The lowest BCUT2D eigenvalue weighted by Crippen LogP contribution is -2.32. The van der Waals surface area contributed by atoms with Crippen LogP contribution in [0.3, 0.4) is 0 Å². The molecular formula is C30H26N2O5S2. The molecule has 3 aromatic carbocycles. The normalized spacial score (nSPS) is 20.1. The van der Waals surface area contributed by atoms with Crippen molar-refractivity contribution in [2.24, 2.45) is 5.92 Å². The lowest BCUT2D eigenvalue weighted by atomic mass is 9.83. The van der Waals surface area contributed by atoms with E-state index < -0.39 is 17.1 Å². The van der Waals surface area contributed by atoms with Crippen LogP contribution in [0.5, 0.6) is 11.5 Å². The lowest BCUT2D eigenvalue weighted by molar-refractivity contribution is -0.122. The summed E-state index contributed by atoms with van der Waals surface area (Å²) < 4.78 is 11.7. The molecule has 0 saturated carbocycles. The van der Waals surface area contributed by atoms with Gasteiger partial charge in [0.2, 0.25) is 11.8 Å². The summed E-state index contributed by atoms with van der Waals surface area (Å²) >= 11 is 2.35. The Labute approximate surface area is 233 Å². The number of benzene rings is 3. The molecule has 3 heterocycles. The zero-order chi connectivity index (χ0) is 27.3. The molecule has 7 nitrogen and oxygen atoms in total. The summed E-state index contributed by atoms with van der Waals surface area (Å²) in [7, 11) is 1.57. The topological polar surface area (TPSA) is 88.7 Å². The molecule has 2 aliphatic heterocycles. The average molecular weight is 559 g/mol. The van der Waals surface area contributed by atoms with Crippen molar-refractivity contribution in [1.29, 1.82) is 0 Å². The van der Waals surface area contributed by atoms with Gasteiger partial charge in [-0.3, -0.25) is 14.4 Å². The predicted octanol–water partition coefficient (Wildman–Crippen LogP) is 5.44. The maximum absolute atomic E-state index is 13.9. The van der Waals surface area contributed by atoms with Gasteiger partial charge in [0, 0.05) is 10.8 Å². The second-order valence-corrected chi connectivity index (χ2v) is 11.9. The SMILES string of the molecule is COc1cc([C@@H]2c3sc(=O)[nH]c3S[C@H]3C(=O)N(c4ccc(C)cc4)C(=O)[C@@H]23)ccc1OCc1ccc(C)cc1. The van der Waals surface area contributed by atoms with Crippen molar-refractivity contribution in [3.8, 4) is 11.5 Å². The summed E-state index contributed by atoms with van der Waals surface area (Å²) in [5, 5.41) is -0.00756. The molecule has 9 heteroatoms. The van der Waals surface area contributed by atoms with Gasteiger partial charge in [0.15, 0.2) is 11.5 Å². The van der Waals surface area contributed by atoms with Crippen LogP contribution in [0.15, 0.2) is 76.6 Å². The van der Waals surface area contributed by atoms with Gasteiger partial charge in [0.1, 0.15) is 11.9 Å². The van der Waals surface area contributed by atoms with Crippen LogP contribution in [0.1, 0.15) is 33.0 Å². The Kier molecular flexibility index (Phi) is 6.56. The van der Waals surface area contributed by atoms with Crippen LogP contribution in [0.2, 0.25) is 0 Å². The molecule has 2 aliphatic rings. The van der Waals surface area contributed by atoms with Crippen LogP contribution in [0.4, 0.5) is 5.69 Å². The Morgan fingerprint density at radius 3 is 2.26 bits per heavy atom. The number of carbonyl (C=O) groups excluding carboxylic acids is 2. The molecule has 6 rings (SSSR count). The quantitative estimate of drug-likeness (QED) is 0.317. The fourth-order valence-electron chi connectivity index (χ4n) is 5.17. The van der Waals surface area contributed by atoms with Crippen molar-refractivity contribution >= 4 is 40.6 Å². The van der Waals surface area contributed by atoms with Gasteiger partial charge in [0.05, 0.1) is 23.7 Å². The number of nitrogens with zero attached hydrogens (tertiary/aromatic N) is 1. The van der Waals surface area contributed by atoms with Crippen molar-refractivity contribution in [3.63, 3.8) is 0 Å². The van der Waals surface area contributed by atoms with Crippen LogP contribution in [-0.4, -0.2) is 29.2 Å². The third-order valence-corrected chi connectivity index (χ3v) is 9.58. The number of amides is 2. The maximum atomic E-state index is 13.9. The molecular weight excluding hydrogens is 532 g/mol. The van der Waals surface area contributed by atoms with E-state index in [4.69, 9.17) is 9.47 Å². The molecule has 39 heavy (non-hydrogen) atoms. The monoisotopic (exact) mass is 558 g/mol. The predicted molar refractivity (Wildman–Crippen MR) is 152 cm³/mol. The number of imide groups is 1. The minimum absolute atomic E-state index is 0.210. The highest BCUT2D eigenvalue weighted by Crippen LogP contribution is 2.53. The summed E-state index contributed by atoms with van der Waals surface area (Å²) in [5.41, 5.74) is 4.59. The van der Waals surface area contributed by atoms with Crippen LogP contribution in [-0.2, 0) is 16.2 Å². The standard InChI is InChI=1S/C30H26N2O5S2/c1-16-4-8-18(9-5-16)15-37-21-13-10-19(14-22(21)36-3)23-24-26(38-27-25(23)39-30(35)31-27)29(34)32(28(24)33)20-11-6-17(2)7-12-20/h4-14,23-24,26H,15H2,1-3H3,(H,31,35)/t23-,24-,26+/m0/s1. The molecule has 0 aliphatic carbocycles. The number of rotatable bonds is 6. The van der Waals surface area contributed by atoms with E-state index in [-0.39, 0.29) is 16.7 Å². The summed E-state index contributed by atoms with van der Waals surface area (Å²) in [4.78, 5) is 44.6. The molecule has 1 saturated heterocycles. The van der Waals surface area contributed by atoms with Crippen LogP contribution >= 0.6 is 23.1 Å². The minimum atomic E-state index is -0.660. The van der Waals surface area contributed by atoms with Gasteiger partial charge in [-0.2, -0.15) is 0 Å². The number of H-pyrrole nitrogens is 1. The van der Waals surface area contributed by atoms with Crippen LogP contribution < -0.4 is 19.2 Å². The van der Waals surface area contributed by atoms with Gasteiger partial charge in [0.25, 0.3) is 0 Å². The van der Waals surface area contributed by atoms with Crippen molar-refractivity contribution in [2.45, 2.75) is 36.6 Å². The highest BCUT2D eigenvalue weighted by atomic mass is 32.2. The molecule has 1 N–H and O–H groups in total. The number of aromatic nitrogens is 1. The molecule has 3 atom stereocenters. The van der Waals surface area contributed by atoms with E-state index in [1.54, 1.807) is 19.2 Å². The second-order valence-electron chi connectivity index (χ2n) is 9.78. The number of aryl methyl sites for hydroxylation is 2. The van der Waals surface area contributed by atoms with Gasteiger partial charge >= 0.3 is 4.87 Å². The molecule has 1 fully saturated rings. The smallest absolute Gasteiger partial charge is 0.305 e. The fraction of sp³-hybridized carbons (Fsp3) is 0.233. The Bertz CT molecular complexity index is 1620. The van der Waals surface area contributed by atoms with Crippen molar-refractivity contribution in [3.05, 3.63) is 104 Å². The van der Waals surface area contributed by atoms with Crippen LogP contribution in [0.25, 0.3) is 0 Å². The summed E-state index contributed by atoms with van der Waals surface area (Å²) in [6.07, 6.45) is 0. The van der Waals surface area contributed by atoms with Crippen molar-refractivity contribution in [1.82, 2.24) is 4.98 Å². The summed E-state index contributed by atoms with van der Waals surface area (Å²) in [6, 6.07) is 21.1. The molecule has 0 spiro atoms. The molecule has 0 radical (unpaired) electrons. The first kappa shape index (κ1) is 25.5. The number of thiazole rings is 1. The van der Waals surface area contributed by atoms with Crippen molar-refractivity contribution in [2.75, 3.05) is 12.0 Å². The van der Waals surface area contributed by atoms with E-state index in [1.165, 1.54) is 22.2 Å². The van der Waals surface area contributed by atoms with E-state index >= 15 is 0 Å². The Balaban J connectivity index is 1.37. The number of nitrogens with one attached hydrogen (secondary N) is 1. The van der Waals surface area contributed by atoms with E-state index in [0.717, 1.165) is 32.9 Å². The first-order valence-corrected chi connectivity index (χ1v) is 14.2. The molecule has 2 amide bonds. The zero-order valence-corrected chi connectivity index (χ0v) is 23.2. The number of thioether (sulfide) groups is 1. The number of aromatic amines is 1. The van der Waals surface area contributed by atoms with E-state index in [2.05, 4.69) is 4.98 Å². The van der Waals surface area contributed by atoms with Gasteiger partial charge in [-0.15, -0.1) is 0 Å². The molecule has 1 aromatic heterocycles. The highest BCUT2D eigenvalue weighted by molar-refractivity contribution is 8.00. The largest absolute Gasteiger partial charge is 0.493 e. The first-order chi connectivity index (χ1) is 18.8. The average Bonchev–Trinajstić information content (AvgIpc) is 3.43. The highest BCUT2D eigenvalue weighted by Gasteiger charge is 2.56. The number of hydrogen-bond acceptors (Lipinski definition) is 7. The number of methoxy groups -OCH3 is 1. The minimum Gasteiger partial charge on any atom is -0.493 e. The molecule has 198 valence electrons. The van der Waals surface area contributed by atoms with Crippen molar-refractivity contribution < 1.29 is 19.1 Å². The molecule has 0 unspecified atom stereocenters. The number of ether oxygens (including phenoxy) is 2. The third kappa shape index (κ3) is 4.55. The Hall–Kier alpha value is -3.82. The molecule has 4 aromatic rings. The van der Waals surface area contributed by atoms with Gasteiger partial charge < -0.3 is 14.5 Å². The number of anilines is 1. The summed E-state index contributed by atoms with van der Waals surface area (Å²) in [5.74, 6) is -0.593. The van der Waals surface area contributed by atoms with E-state index in [9.17, 15) is 14.4 Å². The van der Waals surface area contributed by atoms with E-state index in [0.29, 0.717) is 28.8 Å². The first-order valence-electron chi connectivity index (χ1n) is 12.5. The van der Waals surface area contributed by atoms with Crippen LogP contribution in [0, 0.1) is 19.8 Å². The van der Waals surface area contributed by atoms with Gasteiger partial charge in [-0.25, -0.2) is 4.90 Å². The Morgan fingerprint density at radius 2 is 1.56 bits per heavy atom. The Morgan fingerprint density at radius 1 is 0.872 bits per heavy atom. The van der Waals surface area contributed by atoms with Gasteiger partial charge in [-0.1, -0.05) is 76.7 Å². The third-order valence-electron chi connectivity index (χ3n) is 7.18. The van der Waals surface area contributed by atoms with E-state index in [1.807, 2.05) is 68.4 Å². The summed E-state index contributed by atoms with van der Waals surface area (Å²) in [6.45, 7) is 4.37. The van der Waals surface area contributed by atoms with Gasteiger partial charge in [-0.05, 0) is 49.2 Å². The maximum Gasteiger partial charge on any atom is 0.305 e. The second kappa shape index (κ2) is 10.1. The lowest BCUT2D eigenvalue weighted by Gasteiger charge is -2.30. The number of fused-ring (bicyclic) bond motifs is 2.